The van der Waals surface area contributed by atoms with Crippen molar-refractivity contribution in [3.63, 3.8) is 0 Å². The van der Waals surface area contributed by atoms with Gasteiger partial charge in [-0.1, -0.05) is 44.9 Å². The Morgan fingerprint density at radius 2 is 2.00 bits per heavy atom. The topological polar surface area (TPSA) is 29.1 Å². The van der Waals surface area contributed by atoms with Gasteiger partial charge in [-0.15, -0.1) is 11.3 Å². The summed E-state index contributed by atoms with van der Waals surface area (Å²) in [5, 5.41) is 4.28. The lowest BCUT2D eigenvalue weighted by Gasteiger charge is -2.05. The van der Waals surface area contributed by atoms with Crippen LogP contribution in [0.2, 0.25) is 0 Å². The molecule has 0 aliphatic rings. The van der Waals surface area contributed by atoms with E-state index in [2.05, 4.69) is 31.3 Å². The average molecular weight is 275 g/mol. The molecular formula is C16H21NOS. The van der Waals surface area contributed by atoms with Crippen LogP contribution in [-0.4, -0.2) is 12.5 Å². The van der Waals surface area contributed by atoms with Crippen molar-refractivity contribution in [3.05, 3.63) is 34.7 Å². The molecule has 2 rings (SSSR count). The first-order valence-corrected chi connectivity index (χ1v) is 7.88. The lowest BCUT2D eigenvalue weighted by atomic mass is 10.1. The van der Waals surface area contributed by atoms with Crippen LogP contribution in [0.1, 0.15) is 48.3 Å². The van der Waals surface area contributed by atoms with Gasteiger partial charge in [-0.05, 0) is 29.9 Å². The molecule has 2 nitrogen and oxygen atoms in total. The highest BCUT2D eigenvalue weighted by Gasteiger charge is 2.16. The molecule has 1 heterocycles. The Hall–Kier alpha value is -1.35. The molecule has 0 saturated carbocycles. The molecule has 1 amide bonds. The van der Waals surface area contributed by atoms with Gasteiger partial charge < -0.3 is 5.32 Å². The molecule has 0 bridgehead atoms. The monoisotopic (exact) mass is 275 g/mol. The predicted octanol–water partition coefficient (Wildman–Crippen LogP) is 4.38. The summed E-state index contributed by atoms with van der Waals surface area (Å²) in [4.78, 5) is 13.2. The van der Waals surface area contributed by atoms with Gasteiger partial charge in [-0.25, -0.2) is 0 Å². The van der Waals surface area contributed by atoms with E-state index < -0.39 is 0 Å². The Kier molecular flexibility index (Phi) is 4.97. The molecule has 2 aromatic rings. The molecule has 0 saturated heterocycles. The molecule has 1 aromatic heterocycles. The normalized spacial score (nSPS) is 10.8. The number of nitrogens with one attached hydrogen (secondary N) is 1. The van der Waals surface area contributed by atoms with E-state index in [1.165, 1.54) is 15.6 Å². The van der Waals surface area contributed by atoms with Gasteiger partial charge in [0.2, 0.25) is 0 Å². The van der Waals surface area contributed by atoms with Crippen molar-refractivity contribution in [2.75, 3.05) is 6.54 Å². The number of hydrogen-bond acceptors (Lipinski definition) is 2. The van der Waals surface area contributed by atoms with Gasteiger partial charge in [-0.3, -0.25) is 4.79 Å². The molecule has 102 valence electrons. The summed E-state index contributed by atoms with van der Waals surface area (Å²) >= 11 is 1.62. The molecule has 19 heavy (non-hydrogen) atoms. The number of thiophene rings is 1. The number of rotatable bonds is 6. The third kappa shape index (κ3) is 3.16. The Morgan fingerprint density at radius 1 is 1.21 bits per heavy atom. The van der Waals surface area contributed by atoms with Crippen molar-refractivity contribution in [1.82, 2.24) is 5.32 Å². The fourth-order valence-electron chi connectivity index (χ4n) is 2.24. The van der Waals surface area contributed by atoms with Gasteiger partial charge in [-0.2, -0.15) is 0 Å². The molecule has 0 radical (unpaired) electrons. The highest BCUT2D eigenvalue weighted by molar-refractivity contribution is 7.21. The fourth-order valence-corrected chi connectivity index (χ4v) is 3.41. The van der Waals surface area contributed by atoms with Crippen LogP contribution < -0.4 is 5.32 Å². The van der Waals surface area contributed by atoms with Crippen molar-refractivity contribution >= 4 is 27.3 Å². The molecule has 0 spiro atoms. The Morgan fingerprint density at radius 3 is 2.74 bits per heavy atom. The Balaban J connectivity index is 2.30. The van der Waals surface area contributed by atoms with Crippen molar-refractivity contribution in [2.45, 2.75) is 39.5 Å². The van der Waals surface area contributed by atoms with E-state index >= 15 is 0 Å². The first-order chi connectivity index (χ1) is 9.27. The van der Waals surface area contributed by atoms with Gasteiger partial charge in [0.15, 0.2) is 0 Å². The lowest BCUT2D eigenvalue weighted by Crippen LogP contribution is -2.24. The van der Waals surface area contributed by atoms with Gasteiger partial charge in [0.1, 0.15) is 0 Å². The Labute approximate surface area is 118 Å². The zero-order valence-corrected chi connectivity index (χ0v) is 12.5. The summed E-state index contributed by atoms with van der Waals surface area (Å²) in [5.41, 5.74) is 1.22. The maximum atomic E-state index is 12.3. The number of carbonyl (C=O) groups is 1. The molecule has 3 heteroatoms. The minimum absolute atomic E-state index is 0.0955. The molecule has 1 aromatic carbocycles. The largest absolute Gasteiger partial charge is 0.351 e. The number of hydrogen-bond donors (Lipinski definition) is 1. The van der Waals surface area contributed by atoms with Crippen LogP contribution in [0.25, 0.3) is 10.1 Å². The molecule has 0 aliphatic heterocycles. The third-order valence-electron chi connectivity index (χ3n) is 3.22. The van der Waals surface area contributed by atoms with Gasteiger partial charge in [0.25, 0.3) is 5.91 Å². The third-order valence-corrected chi connectivity index (χ3v) is 4.43. The van der Waals surface area contributed by atoms with Gasteiger partial charge in [0, 0.05) is 11.2 Å². The van der Waals surface area contributed by atoms with Gasteiger partial charge >= 0.3 is 0 Å². The zero-order valence-electron chi connectivity index (χ0n) is 11.7. The minimum atomic E-state index is 0.0955. The quantitative estimate of drug-likeness (QED) is 0.779. The van der Waals surface area contributed by atoms with E-state index in [1.54, 1.807) is 11.3 Å². The van der Waals surface area contributed by atoms with Crippen LogP contribution in [0.15, 0.2) is 24.3 Å². The number of amides is 1. The van der Waals surface area contributed by atoms with Crippen LogP contribution >= 0.6 is 11.3 Å². The smallest absolute Gasteiger partial charge is 0.261 e. The van der Waals surface area contributed by atoms with Crippen molar-refractivity contribution < 1.29 is 4.79 Å². The number of benzene rings is 1. The highest BCUT2D eigenvalue weighted by atomic mass is 32.1. The van der Waals surface area contributed by atoms with Crippen molar-refractivity contribution in [2.24, 2.45) is 0 Å². The number of aryl methyl sites for hydroxylation is 1. The SMILES string of the molecule is CCCCNC(=O)c1sc2ccccc2c1CCC. The van der Waals surface area contributed by atoms with Crippen LogP contribution in [0.5, 0.6) is 0 Å². The summed E-state index contributed by atoms with van der Waals surface area (Å²) in [6.07, 6.45) is 4.19. The van der Waals surface area contributed by atoms with E-state index in [0.29, 0.717) is 0 Å². The van der Waals surface area contributed by atoms with E-state index in [4.69, 9.17) is 0 Å². The van der Waals surface area contributed by atoms with E-state index in [0.717, 1.165) is 37.1 Å². The second-order valence-corrected chi connectivity index (χ2v) is 5.82. The van der Waals surface area contributed by atoms with Crippen molar-refractivity contribution in [3.8, 4) is 0 Å². The fraction of sp³-hybridized carbons (Fsp3) is 0.438. The lowest BCUT2D eigenvalue weighted by molar-refractivity contribution is 0.0956. The second kappa shape index (κ2) is 6.71. The highest BCUT2D eigenvalue weighted by Crippen LogP contribution is 2.32. The predicted molar refractivity (Wildman–Crippen MR) is 83.1 cm³/mol. The Bertz CT molecular complexity index is 559. The number of carbonyl (C=O) groups excluding carboxylic acids is 1. The standard InChI is InChI=1S/C16H21NOS/c1-3-5-11-17-16(18)15-13(8-4-2)12-9-6-7-10-14(12)19-15/h6-7,9-10H,3-5,8,11H2,1-2H3,(H,17,18). The number of fused-ring (bicyclic) bond motifs is 1. The van der Waals surface area contributed by atoms with Crippen LogP contribution in [0.4, 0.5) is 0 Å². The summed E-state index contributed by atoms with van der Waals surface area (Å²) in [7, 11) is 0. The average Bonchev–Trinajstić information content (AvgIpc) is 2.79. The molecule has 0 unspecified atom stereocenters. The van der Waals surface area contributed by atoms with Crippen LogP contribution in [0, 0.1) is 0 Å². The maximum absolute atomic E-state index is 12.3. The van der Waals surface area contributed by atoms with Crippen LogP contribution in [-0.2, 0) is 6.42 Å². The zero-order chi connectivity index (χ0) is 13.7. The van der Waals surface area contributed by atoms with Gasteiger partial charge in [0.05, 0.1) is 4.88 Å². The van der Waals surface area contributed by atoms with Crippen LogP contribution in [0.3, 0.4) is 0 Å². The summed E-state index contributed by atoms with van der Waals surface area (Å²) in [5.74, 6) is 0.0955. The number of unbranched alkanes of at least 4 members (excludes halogenated alkanes) is 1. The maximum Gasteiger partial charge on any atom is 0.261 e. The van der Waals surface area contributed by atoms with E-state index in [-0.39, 0.29) is 5.91 Å². The van der Waals surface area contributed by atoms with Crippen molar-refractivity contribution in [1.29, 1.82) is 0 Å². The summed E-state index contributed by atoms with van der Waals surface area (Å²) in [6, 6.07) is 8.31. The molecule has 0 aliphatic carbocycles. The molecule has 0 fully saturated rings. The van der Waals surface area contributed by atoms with E-state index in [9.17, 15) is 4.79 Å². The first kappa shape index (κ1) is 14.1. The molecule has 1 N–H and O–H groups in total. The summed E-state index contributed by atoms with van der Waals surface area (Å²) in [6.45, 7) is 5.06. The van der Waals surface area contributed by atoms with E-state index in [1.807, 2.05) is 12.1 Å². The summed E-state index contributed by atoms with van der Waals surface area (Å²) < 4.78 is 1.21. The first-order valence-electron chi connectivity index (χ1n) is 7.06. The second-order valence-electron chi connectivity index (χ2n) is 4.77. The molecular weight excluding hydrogens is 254 g/mol. The minimum Gasteiger partial charge on any atom is -0.351 e. The molecule has 0 atom stereocenters.